The summed E-state index contributed by atoms with van der Waals surface area (Å²) in [7, 11) is 0. The van der Waals surface area contributed by atoms with E-state index in [2.05, 4.69) is 263 Å². The van der Waals surface area contributed by atoms with Crippen LogP contribution in [0.5, 0.6) is 0 Å². The Hall–Kier alpha value is -6.04. The second-order valence-electron chi connectivity index (χ2n) is 28.4. The molecule has 0 bridgehead atoms. The maximum absolute atomic E-state index is 2.77. The first-order valence-corrected chi connectivity index (χ1v) is 29.9. The van der Waals surface area contributed by atoms with Crippen LogP contribution in [0.1, 0.15) is 186 Å². The van der Waals surface area contributed by atoms with Gasteiger partial charge in [0, 0.05) is 54.7 Å². The number of anilines is 9. The Kier molecular flexibility index (Phi) is 11.1. The topological polar surface area (TPSA) is 9.72 Å². The van der Waals surface area contributed by atoms with Gasteiger partial charge in [-0.05, 0) is 212 Å². The summed E-state index contributed by atoms with van der Waals surface area (Å²) in [6.07, 6.45) is 7.06. The molecule has 2 aliphatic heterocycles. The first-order chi connectivity index (χ1) is 36.4. The monoisotopic (exact) mass is 1030 g/mol. The Morgan fingerprint density at radius 1 is 0.455 bits per heavy atom. The van der Waals surface area contributed by atoms with Crippen molar-refractivity contribution in [1.29, 1.82) is 0 Å². The average Bonchev–Trinajstić information content (AvgIpc) is 3.95. The molecule has 13 rings (SSSR count). The van der Waals surface area contributed by atoms with Crippen LogP contribution in [0.2, 0.25) is 0 Å². The summed E-state index contributed by atoms with van der Waals surface area (Å²) in [6, 6.07) is 53.1. The van der Waals surface area contributed by atoms with Crippen molar-refractivity contribution in [2.45, 2.75) is 181 Å². The van der Waals surface area contributed by atoms with Crippen LogP contribution in [0.25, 0.3) is 10.1 Å². The van der Waals surface area contributed by atoms with Crippen LogP contribution in [0, 0.1) is 6.92 Å². The molecule has 0 amide bonds. The molecule has 0 N–H and O–H groups in total. The van der Waals surface area contributed by atoms with Gasteiger partial charge >= 0.3 is 0 Å². The first kappa shape index (κ1) is 50.5. The van der Waals surface area contributed by atoms with Crippen LogP contribution >= 0.6 is 11.3 Å². The van der Waals surface area contributed by atoms with Gasteiger partial charge in [-0.25, -0.2) is 0 Å². The van der Waals surface area contributed by atoms with Crippen LogP contribution in [0.4, 0.5) is 51.2 Å². The van der Waals surface area contributed by atoms with Crippen molar-refractivity contribution in [3.8, 4) is 0 Å². The maximum atomic E-state index is 2.77. The van der Waals surface area contributed by atoms with Gasteiger partial charge in [0.2, 0.25) is 0 Å². The molecule has 8 aromatic rings. The molecule has 0 fully saturated rings. The molecule has 3 aliphatic carbocycles. The highest BCUT2D eigenvalue weighted by atomic mass is 32.1. The Labute approximate surface area is 465 Å². The van der Waals surface area contributed by atoms with E-state index in [0.717, 1.165) is 29.9 Å². The summed E-state index contributed by atoms with van der Waals surface area (Å²) in [5.74, 6) is 0.361. The van der Waals surface area contributed by atoms with E-state index in [0.29, 0.717) is 5.92 Å². The van der Waals surface area contributed by atoms with E-state index in [9.17, 15) is 0 Å². The van der Waals surface area contributed by atoms with E-state index < -0.39 is 0 Å². The summed E-state index contributed by atoms with van der Waals surface area (Å²) in [5.41, 5.74) is 26.0. The largest absolute Gasteiger partial charge is 0.311 e. The molecular weight excluding hydrogens is 950 g/mol. The second-order valence-corrected chi connectivity index (χ2v) is 29.5. The molecule has 77 heavy (non-hydrogen) atoms. The normalized spacial score (nSPS) is 19.5. The SMILES string of the molecule is Cc1cc2c(cc1N1c3cc(C(C)C)ccc3B3c4sc5cc6c(cc5c4N(c4ccc5c(c4)C(C)(C)CCC5(C)C)c4cc(N(c5ccccc5)c5ccccc5)cc1c43)C(C)(C)CCC6(C)C)C(C)(C)CCC2(C)C. The molecule has 0 spiro atoms. The smallest absolute Gasteiger partial charge is 0.264 e. The molecule has 0 radical (unpaired) electrons. The standard InChI is InChI=1S/C72H80BN3S/c1-44(2)46-26-29-58-60(37-46)76(59-42-56-53(36-45(59)3)68(6,7)32-34-71(56,12)13)62-40-50(74(47-22-18-16-19-23-47)48-24-20-17-21-25-48)39-61-64(62)73(58)66-65(51-41-55-57(43-63(51)77-66)72(14,15)35-33-70(55,10)11)75(61)49-27-28-52-54(38-49)69(8,9)31-30-67(52,4)5/h16-29,36-44H,30-35H2,1-15H3. The van der Waals surface area contributed by atoms with Gasteiger partial charge in [-0.2, -0.15) is 0 Å². The van der Waals surface area contributed by atoms with Crippen molar-refractivity contribution in [2.24, 2.45) is 0 Å². The lowest BCUT2D eigenvalue weighted by Gasteiger charge is -2.46. The predicted octanol–water partition coefficient (Wildman–Crippen LogP) is 18.9. The number of fused-ring (bicyclic) bond motifs is 9. The number of hydrogen-bond acceptors (Lipinski definition) is 4. The van der Waals surface area contributed by atoms with Gasteiger partial charge in [-0.15, -0.1) is 11.3 Å². The van der Waals surface area contributed by atoms with E-state index >= 15 is 0 Å². The fourth-order valence-electron chi connectivity index (χ4n) is 14.8. The number of aryl methyl sites for hydroxylation is 1. The number of hydrogen-bond donors (Lipinski definition) is 0. The minimum Gasteiger partial charge on any atom is -0.311 e. The third-order valence-corrected chi connectivity index (χ3v) is 21.3. The number of benzene rings is 7. The lowest BCUT2D eigenvalue weighted by Crippen LogP contribution is -2.60. The lowest BCUT2D eigenvalue weighted by molar-refractivity contribution is 0.332. The van der Waals surface area contributed by atoms with Crippen LogP contribution in [-0.2, 0) is 32.5 Å². The Balaban J connectivity index is 1.20. The summed E-state index contributed by atoms with van der Waals surface area (Å²) in [6.45, 7) is 36.9. The van der Waals surface area contributed by atoms with Crippen molar-refractivity contribution in [1.82, 2.24) is 0 Å². The van der Waals surface area contributed by atoms with Gasteiger partial charge in [0.25, 0.3) is 6.71 Å². The molecule has 3 heterocycles. The van der Waals surface area contributed by atoms with Crippen molar-refractivity contribution in [3.63, 3.8) is 0 Å². The number of thiophene rings is 1. The molecule has 392 valence electrons. The molecule has 5 aliphatic rings. The molecule has 3 nitrogen and oxygen atoms in total. The summed E-state index contributed by atoms with van der Waals surface area (Å²) < 4.78 is 2.84. The van der Waals surface area contributed by atoms with E-state index in [4.69, 9.17) is 0 Å². The van der Waals surface area contributed by atoms with Crippen molar-refractivity contribution >= 4 is 95.0 Å². The molecule has 0 saturated carbocycles. The van der Waals surface area contributed by atoms with Crippen molar-refractivity contribution < 1.29 is 0 Å². The highest BCUT2D eigenvalue weighted by Gasteiger charge is 2.49. The quantitative estimate of drug-likeness (QED) is 0.154. The highest BCUT2D eigenvalue weighted by molar-refractivity contribution is 7.33. The highest BCUT2D eigenvalue weighted by Crippen LogP contribution is 2.57. The maximum Gasteiger partial charge on any atom is 0.264 e. The fourth-order valence-corrected chi connectivity index (χ4v) is 16.2. The minimum atomic E-state index is 0.00594. The van der Waals surface area contributed by atoms with Gasteiger partial charge in [0.1, 0.15) is 0 Å². The van der Waals surface area contributed by atoms with Gasteiger partial charge < -0.3 is 14.7 Å². The van der Waals surface area contributed by atoms with Crippen molar-refractivity contribution in [2.75, 3.05) is 14.7 Å². The molecule has 7 aromatic carbocycles. The third-order valence-electron chi connectivity index (χ3n) is 20.1. The van der Waals surface area contributed by atoms with Gasteiger partial charge in [0.05, 0.1) is 11.4 Å². The summed E-state index contributed by atoms with van der Waals surface area (Å²) in [4.78, 5) is 8.01. The third kappa shape index (κ3) is 7.69. The van der Waals surface area contributed by atoms with Crippen molar-refractivity contribution in [3.05, 3.63) is 178 Å². The van der Waals surface area contributed by atoms with E-state index in [1.807, 2.05) is 0 Å². The number of nitrogens with zero attached hydrogens (tertiary/aromatic N) is 3. The van der Waals surface area contributed by atoms with E-state index in [-0.39, 0.29) is 39.2 Å². The zero-order chi connectivity index (χ0) is 54.1. The second kappa shape index (κ2) is 17.0. The van der Waals surface area contributed by atoms with E-state index in [1.165, 1.54) is 130 Å². The Bertz CT molecular complexity index is 3680. The summed E-state index contributed by atoms with van der Waals surface area (Å²) in [5, 5.41) is 1.38. The zero-order valence-electron chi connectivity index (χ0n) is 48.8. The molecule has 5 heteroatoms. The molecular formula is C72H80BN3S. The molecule has 0 saturated heterocycles. The molecule has 1 aromatic heterocycles. The zero-order valence-corrected chi connectivity index (χ0v) is 49.7. The Morgan fingerprint density at radius 3 is 1.51 bits per heavy atom. The van der Waals surface area contributed by atoms with Crippen LogP contribution in [0.15, 0.2) is 133 Å². The van der Waals surface area contributed by atoms with Crippen LogP contribution in [-0.4, -0.2) is 6.71 Å². The first-order valence-electron chi connectivity index (χ1n) is 29.1. The average molecular weight is 1030 g/mol. The van der Waals surface area contributed by atoms with Gasteiger partial charge in [0.15, 0.2) is 0 Å². The minimum absolute atomic E-state index is 0.00594. The molecule has 0 unspecified atom stereocenters. The van der Waals surface area contributed by atoms with Crippen LogP contribution in [0.3, 0.4) is 0 Å². The van der Waals surface area contributed by atoms with Crippen LogP contribution < -0.4 is 30.4 Å². The fraction of sp³-hybridized carbons (Fsp3) is 0.389. The molecule has 0 atom stereocenters. The van der Waals surface area contributed by atoms with Gasteiger partial charge in [-0.3, -0.25) is 0 Å². The lowest BCUT2D eigenvalue weighted by atomic mass is 9.36. The van der Waals surface area contributed by atoms with E-state index in [1.54, 1.807) is 0 Å². The predicted molar refractivity (Wildman–Crippen MR) is 335 cm³/mol. The Morgan fingerprint density at radius 2 is 0.948 bits per heavy atom. The number of rotatable bonds is 6. The number of para-hydroxylation sites is 2. The summed E-state index contributed by atoms with van der Waals surface area (Å²) >= 11 is 2.07. The van der Waals surface area contributed by atoms with Gasteiger partial charge in [-0.1, -0.05) is 158 Å².